The molecule has 262 valence electrons. The Labute approximate surface area is 295 Å². The van der Waals surface area contributed by atoms with Gasteiger partial charge in [-0.15, -0.1) is 0 Å². The quantitative estimate of drug-likeness (QED) is 0.0972. The van der Waals surface area contributed by atoms with Crippen LogP contribution in [0.2, 0.25) is 0 Å². The monoisotopic (exact) mass is 651 g/mol. The fraction of sp³-hybridized carbons (Fsp3) is 0.467. The van der Waals surface area contributed by atoms with E-state index in [1.165, 1.54) is 72.1 Å². The van der Waals surface area contributed by atoms with E-state index in [1.54, 1.807) is 12.2 Å². The largest absolute Gasteiger partial charge is 0.479 e. The predicted molar refractivity (Wildman–Crippen MR) is 213 cm³/mol. The molecule has 0 aromatic heterocycles. The van der Waals surface area contributed by atoms with E-state index in [1.807, 2.05) is 14.0 Å². The van der Waals surface area contributed by atoms with Crippen LogP contribution < -0.4 is 0 Å². The molecule has 0 atom stereocenters. The lowest BCUT2D eigenvalue weighted by Crippen LogP contribution is -2.37. The van der Waals surface area contributed by atoms with Crippen LogP contribution >= 0.6 is 0 Å². The second-order valence-corrected chi connectivity index (χ2v) is 13.2. The molecule has 0 radical (unpaired) electrons. The third-order valence-electron chi connectivity index (χ3n) is 9.58. The fourth-order valence-electron chi connectivity index (χ4n) is 6.66. The molecule has 0 saturated carbocycles. The van der Waals surface area contributed by atoms with Crippen LogP contribution in [0.4, 0.5) is 0 Å². The standard InChI is InChI=1S/C45H66N2O/c1-13-21-42(22-14-2)47(31-15-3)33-39-24-20-25-41(37(10)32-39)29-30-44-35(8)23-19-26-43(44)36(9)28-27-34(7)38(11)46(12)45(48-18-6)40(16-4)17-5/h16-17,19-20,23,25-28,32,42H,4-5,9,13-15,18,21-22,24,29-31,33H2,1-3,6-8,10-12H3/b28-27-,38-34+. The van der Waals surface area contributed by atoms with Crippen molar-refractivity contribution in [3.05, 3.63) is 137 Å². The van der Waals surface area contributed by atoms with Crippen molar-refractivity contribution in [1.82, 2.24) is 9.80 Å². The SMILES string of the molecule is C=CC(C=C)=C(OCC)N(C)/C(C)=C(C)/C=C\C(=C)c1cccc(C)c1CCC1=C(C)C=C(CN(CCC)C(CCC)CCC)CC=C1. The second-order valence-electron chi connectivity index (χ2n) is 13.2. The third kappa shape index (κ3) is 11.8. The maximum Gasteiger partial charge on any atom is 0.200 e. The number of hydrogen-bond donors (Lipinski definition) is 0. The molecule has 1 aliphatic rings. The molecule has 3 nitrogen and oxygen atoms in total. The Bertz CT molecular complexity index is 1410. The first-order valence-corrected chi connectivity index (χ1v) is 18.3. The molecule has 3 heteroatoms. The van der Waals surface area contributed by atoms with Gasteiger partial charge in [0, 0.05) is 30.9 Å². The van der Waals surface area contributed by atoms with Gasteiger partial charge in [-0.25, -0.2) is 0 Å². The van der Waals surface area contributed by atoms with Crippen molar-refractivity contribution in [2.75, 3.05) is 26.7 Å². The lowest BCUT2D eigenvalue weighted by molar-refractivity contribution is 0.153. The number of ether oxygens (including phenoxy) is 1. The van der Waals surface area contributed by atoms with Crippen molar-refractivity contribution < 1.29 is 4.74 Å². The van der Waals surface area contributed by atoms with Crippen LogP contribution in [0.5, 0.6) is 0 Å². The minimum atomic E-state index is 0.569. The van der Waals surface area contributed by atoms with Gasteiger partial charge in [0.2, 0.25) is 5.88 Å². The van der Waals surface area contributed by atoms with E-state index in [2.05, 4.69) is 127 Å². The van der Waals surface area contributed by atoms with E-state index in [4.69, 9.17) is 4.74 Å². The number of aryl methyl sites for hydroxylation is 1. The zero-order chi connectivity index (χ0) is 35.6. The Morgan fingerprint density at radius 1 is 0.958 bits per heavy atom. The first kappa shape index (κ1) is 40.6. The van der Waals surface area contributed by atoms with Gasteiger partial charge in [-0.2, -0.15) is 0 Å². The van der Waals surface area contributed by atoms with Crippen molar-refractivity contribution >= 4 is 5.57 Å². The highest BCUT2D eigenvalue weighted by Gasteiger charge is 2.19. The summed E-state index contributed by atoms with van der Waals surface area (Å²) >= 11 is 0. The molecule has 0 aliphatic heterocycles. The molecule has 1 aromatic carbocycles. The van der Waals surface area contributed by atoms with Gasteiger partial charge in [0.15, 0.2) is 0 Å². The van der Waals surface area contributed by atoms with Crippen molar-refractivity contribution in [2.24, 2.45) is 0 Å². The maximum absolute atomic E-state index is 5.97. The lowest BCUT2D eigenvalue weighted by atomic mass is 9.91. The van der Waals surface area contributed by atoms with Crippen LogP contribution in [0.25, 0.3) is 5.57 Å². The van der Waals surface area contributed by atoms with E-state index in [0.717, 1.165) is 54.1 Å². The highest BCUT2D eigenvalue weighted by molar-refractivity contribution is 5.75. The topological polar surface area (TPSA) is 15.7 Å². The number of allylic oxidation sites excluding steroid dienone is 13. The van der Waals surface area contributed by atoms with Crippen LogP contribution in [0.15, 0.2) is 120 Å². The highest BCUT2D eigenvalue weighted by atomic mass is 16.5. The fourth-order valence-corrected chi connectivity index (χ4v) is 6.66. The van der Waals surface area contributed by atoms with Crippen molar-refractivity contribution in [3.63, 3.8) is 0 Å². The van der Waals surface area contributed by atoms with Crippen molar-refractivity contribution in [3.8, 4) is 0 Å². The Balaban J connectivity index is 2.29. The normalized spacial score (nSPS) is 13.9. The van der Waals surface area contributed by atoms with Gasteiger partial charge < -0.3 is 9.64 Å². The summed E-state index contributed by atoms with van der Waals surface area (Å²) in [7, 11) is 2.02. The molecule has 48 heavy (non-hydrogen) atoms. The van der Waals surface area contributed by atoms with E-state index in [0.29, 0.717) is 12.6 Å². The molecule has 0 spiro atoms. The van der Waals surface area contributed by atoms with Crippen molar-refractivity contribution in [2.45, 2.75) is 113 Å². The lowest BCUT2D eigenvalue weighted by Gasteiger charge is -2.32. The van der Waals surface area contributed by atoms with E-state index >= 15 is 0 Å². The summed E-state index contributed by atoms with van der Waals surface area (Å²) in [6.45, 7) is 32.9. The summed E-state index contributed by atoms with van der Waals surface area (Å²) in [5, 5.41) is 0. The summed E-state index contributed by atoms with van der Waals surface area (Å²) in [4.78, 5) is 4.82. The van der Waals surface area contributed by atoms with Gasteiger partial charge in [-0.05, 0) is 119 Å². The summed E-state index contributed by atoms with van der Waals surface area (Å²) < 4.78 is 5.97. The van der Waals surface area contributed by atoms with Gasteiger partial charge in [0.1, 0.15) is 0 Å². The third-order valence-corrected chi connectivity index (χ3v) is 9.58. The van der Waals surface area contributed by atoms with Gasteiger partial charge in [0.05, 0.1) is 6.61 Å². The Morgan fingerprint density at radius 3 is 2.25 bits per heavy atom. The number of benzene rings is 1. The van der Waals surface area contributed by atoms with Gasteiger partial charge in [-0.3, -0.25) is 4.90 Å². The van der Waals surface area contributed by atoms with Crippen LogP contribution in [0.1, 0.15) is 110 Å². The molecule has 0 N–H and O–H groups in total. The minimum absolute atomic E-state index is 0.569. The molecule has 1 aliphatic carbocycles. The van der Waals surface area contributed by atoms with Crippen LogP contribution in [-0.2, 0) is 11.2 Å². The maximum atomic E-state index is 5.97. The summed E-state index contributed by atoms with van der Waals surface area (Å²) in [6.07, 6.45) is 24.5. The average molecular weight is 651 g/mol. The van der Waals surface area contributed by atoms with Crippen molar-refractivity contribution in [1.29, 1.82) is 0 Å². The van der Waals surface area contributed by atoms with Crippen LogP contribution in [0, 0.1) is 6.92 Å². The molecule has 0 saturated heterocycles. The second kappa shape index (κ2) is 21.4. The minimum Gasteiger partial charge on any atom is -0.479 e. The van der Waals surface area contributed by atoms with E-state index < -0.39 is 0 Å². The van der Waals surface area contributed by atoms with E-state index in [-0.39, 0.29) is 0 Å². The summed E-state index contributed by atoms with van der Waals surface area (Å²) in [5.41, 5.74) is 12.4. The Morgan fingerprint density at radius 2 is 1.65 bits per heavy atom. The molecular weight excluding hydrogens is 585 g/mol. The molecule has 0 bridgehead atoms. The summed E-state index contributed by atoms with van der Waals surface area (Å²) in [5.74, 6) is 0.752. The number of nitrogens with zero attached hydrogens (tertiary/aromatic N) is 2. The molecule has 0 heterocycles. The zero-order valence-electron chi connectivity index (χ0n) is 32.1. The zero-order valence-corrected chi connectivity index (χ0v) is 32.1. The Kier molecular flexibility index (Phi) is 18.1. The average Bonchev–Trinajstić information content (AvgIpc) is 3.25. The smallest absolute Gasteiger partial charge is 0.200 e. The Hall–Kier alpha value is -3.56. The molecule has 0 fully saturated rings. The molecule has 0 unspecified atom stereocenters. The van der Waals surface area contributed by atoms with Gasteiger partial charge in [0.25, 0.3) is 0 Å². The highest BCUT2D eigenvalue weighted by Crippen LogP contribution is 2.29. The van der Waals surface area contributed by atoms with Crippen LogP contribution in [0.3, 0.4) is 0 Å². The van der Waals surface area contributed by atoms with Crippen LogP contribution in [-0.4, -0.2) is 42.6 Å². The predicted octanol–water partition coefficient (Wildman–Crippen LogP) is 12.2. The first-order valence-electron chi connectivity index (χ1n) is 18.3. The molecule has 2 rings (SSSR count). The molecular formula is C45H66N2O. The summed E-state index contributed by atoms with van der Waals surface area (Å²) in [6, 6.07) is 7.29. The molecule has 0 amide bonds. The number of hydrogen-bond acceptors (Lipinski definition) is 3. The first-order chi connectivity index (χ1) is 23.1. The molecule has 1 aromatic rings. The van der Waals surface area contributed by atoms with E-state index in [9.17, 15) is 0 Å². The van der Waals surface area contributed by atoms with Gasteiger partial charge >= 0.3 is 0 Å². The van der Waals surface area contributed by atoms with Gasteiger partial charge in [-0.1, -0.05) is 120 Å². The number of rotatable bonds is 21.